The molecule has 0 aromatic heterocycles. The number of carbonyl (C=O) groups excluding carboxylic acids is 1. The van der Waals surface area contributed by atoms with Gasteiger partial charge < -0.3 is 15.2 Å². The monoisotopic (exact) mass is 249 g/mol. The van der Waals surface area contributed by atoms with Crippen LogP contribution in [0.5, 0.6) is 5.75 Å². The van der Waals surface area contributed by atoms with Crippen LogP contribution in [-0.2, 0) is 4.74 Å². The van der Waals surface area contributed by atoms with E-state index in [2.05, 4.69) is 11.9 Å². The molecule has 0 bridgehead atoms. The van der Waals surface area contributed by atoms with Crippen LogP contribution in [0.1, 0.15) is 22.3 Å². The Labute approximate surface area is 107 Å². The maximum absolute atomic E-state index is 11.8. The van der Waals surface area contributed by atoms with Crippen molar-refractivity contribution in [1.29, 1.82) is 0 Å². The number of benzene rings is 1. The summed E-state index contributed by atoms with van der Waals surface area (Å²) in [7, 11) is 0. The molecule has 0 aliphatic rings. The van der Waals surface area contributed by atoms with Gasteiger partial charge in [0, 0.05) is 17.7 Å². The van der Waals surface area contributed by atoms with E-state index in [1.807, 2.05) is 0 Å². The Balaban J connectivity index is 2.37. The Morgan fingerprint density at radius 2 is 2.28 bits per heavy atom. The van der Waals surface area contributed by atoms with E-state index in [0.29, 0.717) is 30.9 Å². The van der Waals surface area contributed by atoms with E-state index < -0.39 is 0 Å². The van der Waals surface area contributed by atoms with Crippen molar-refractivity contribution in [3.63, 3.8) is 0 Å². The highest BCUT2D eigenvalue weighted by Crippen LogP contribution is 2.19. The van der Waals surface area contributed by atoms with Gasteiger partial charge in [0.15, 0.2) is 0 Å². The first-order valence-electron chi connectivity index (χ1n) is 5.92. The van der Waals surface area contributed by atoms with Crippen molar-refractivity contribution >= 4 is 5.91 Å². The van der Waals surface area contributed by atoms with Gasteiger partial charge in [-0.05, 0) is 25.5 Å². The lowest BCUT2D eigenvalue weighted by Crippen LogP contribution is -2.27. The summed E-state index contributed by atoms with van der Waals surface area (Å²) in [6, 6.07) is 4.89. The minimum atomic E-state index is -0.198. The minimum Gasteiger partial charge on any atom is -0.508 e. The predicted octanol–water partition coefficient (Wildman–Crippen LogP) is 2.02. The number of nitrogens with one attached hydrogen (secondary N) is 1. The number of amides is 1. The molecule has 0 aliphatic carbocycles. The second-order valence-corrected chi connectivity index (χ2v) is 3.90. The second kappa shape index (κ2) is 7.50. The lowest BCUT2D eigenvalue weighted by Gasteiger charge is -2.08. The van der Waals surface area contributed by atoms with Crippen LogP contribution in [-0.4, -0.2) is 30.8 Å². The predicted molar refractivity (Wildman–Crippen MR) is 70.8 cm³/mol. The van der Waals surface area contributed by atoms with E-state index in [9.17, 15) is 9.90 Å². The molecule has 1 rings (SSSR count). The van der Waals surface area contributed by atoms with Crippen LogP contribution in [0.15, 0.2) is 30.9 Å². The highest BCUT2D eigenvalue weighted by atomic mass is 16.5. The molecule has 0 saturated carbocycles. The highest BCUT2D eigenvalue weighted by molar-refractivity contribution is 5.96. The number of carbonyl (C=O) groups is 1. The van der Waals surface area contributed by atoms with Crippen LogP contribution in [0, 0.1) is 6.92 Å². The van der Waals surface area contributed by atoms with Crippen LogP contribution < -0.4 is 5.32 Å². The third-order valence-electron chi connectivity index (χ3n) is 2.55. The topological polar surface area (TPSA) is 58.6 Å². The van der Waals surface area contributed by atoms with Crippen molar-refractivity contribution in [3.05, 3.63) is 42.0 Å². The van der Waals surface area contributed by atoms with Gasteiger partial charge in [-0.3, -0.25) is 4.79 Å². The number of hydrogen-bond donors (Lipinski definition) is 2. The number of rotatable bonds is 7. The lowest BCUT2D eigenvalue weighted by molar-refractivity contribution is 0.0917. The number of aromatic hydroxyl groups is 1. The van der Waals surface area contributed by atoms with E-state index in [-0.39, 0.29) is 11.7 Å². The van der Waals surface area contributed by atoms with E-state index in [4.69, 9.17) is 4.74 Å². The summed E-state index contributed by atoms with van der Waals surface area (Å²) in [5, 5.41) is 12.2. The van der Waals surface area contributed by atoms with Crippen LogP contribution >= 0.6 is 0 Å². The Bertz CT molecular complexity index is 416. The molecule has 0 saturated heterocycles. The minimum absolute atomic E-state index is 0.130. The van der Waals surface area contributed by atoms with E-state index in [1.165, 1.54) is 0 Å². The molecule has 2 N–H and O–H groups in total. The van der Waals surface area contributed by atoms with Crippen LogP contribution in [0.4, 0.5) is 0 Å². The van der Waals surface area contributed by atoms with Gasteiger partial charge >= 0.3 is 0 Å². The van der Waals surface area contributed by atoms with Gasteiger partial charge in [0.1, 0.15) is 5.75 Å². The molecule has 0 atom stereocenters. The standard InChI is InChI=1S/C14H19NO3/c1-3-4-9-18-10-8-15-14(17)12-6-5-7-13(16)11(12)2/h3,5-7,16H,1,4,8-10H2,2H3,(H,15,17). The molecular formula is C14H19NO3. The van der Waals surface area contributed by atoms with E-state index >= 15 is 0 Å². The summed E-state index contributed by atoms with van der Waals surface area (Å²) in [6.07, 6.45) is 2.59. The zero-order valence-corrected chi connectivity index (χ0v) is 10.6. The largest absolute Gasteiger partial charge is 0.508 e. The number of phenols is 1. The van der Waals surface area contributed by atoms with E-state index in [1.54, 1.807) is 31.2 Å². The first-order valence-corrected chi connectivity index (χ1v) is 5.92. The van der Waals surface area contributed by atoms with Crippen LogP contribution in [0.25, 0.3) is 0 Å². The lowest BCUT2D eigenvalue weighted by atomic mass is 10.1. The van der Waals surface area contributed by atoms with Crippen molar-refractivity contribution in [2.75, 3.05) is 19.8 Å². The van der Waals surface area contributed by atoms with Crippen molar-refractivity contribution < 1.29 is 14.6 Å². The van der Waals surface area contributed by atoms with Gasteiger partial charge in [0.25, 0.3) is 5.91 Å². The summed E-state index contributed by atoms with van der Waals surface area (Å²) in [5.41, 5.74) is 1.07. The van der Waals surface area contributed by atoms with Crippen molar-refractivity contribution in [3.8, 4) is 5.75 Å². The van der Waals surface area contributed by atoms with Crippen LogP contribution in [0.2, 0.25) is 0 Å². The molecule has 0 radical (unpaired) electrons. The summed E-state index contributed by atoms with van der Waals surface area (Å²) < 4.78 is 5.28. The second-order valence-electron chi connectivity index (χ2n) is 3.90. The average Bonchev–Trinajstić information content (AvgIpc) is 2.36. The number of phenolic OH excluding ortho intramolecular Hbond substituents is 1. The fourth-order valence-corrected chi connectivity index (χ4v) is 1.47. The highest BCUT2D eigenvalue weighted by Gasteiger charge is 2.10. The number of hydrogen-bond acceptors (Lipinski definition) is 3. The summed E-state index contributed by atoms with van der Waals surface area (Å²) in [6.45, 7) is 6.84. The molecule has 1 aromatic rings. The quantitative estimate of drug-likeness (QED) is 0.574. The average molecular weight is 249 g/mol. The Morgan fingerprint density at radius 3 is 3.00 bits per heavy atom. The van der Waals surface area contributed by atoms with Crippen molar-refractivity contribution in [1.82, 2.24) is 5.32 Å². The zero-order chi connectivity index (χ0) is 13.4. The Hall–Kier alpha value is -1.81. The molecule has 0 aliphatic heterocycles. The Morgan fingerprint density at radius 1 is 1.50 bits per heavy atom. The van der Waals surface area contributed by atoms with Gasteiger partial charge in [-0.2, -0.15) is 0 Å². The molecule has 0 heterocycles. The molecule has 4 nitrogen and oxygen atoms in total. The van der Waals surface area contributed by atoms with Crippen molar-refractivity contribution in [2.24, 2.45) is 0 Å². The maximum Gasteiger partial charge on any atom is 0.251 e. The first-order chi connectivity index (χ1) is 8.66. The van der Waals surface area contributed by atoms with E-state index in [0.717, 1.165) is 6.42 Å². The summed E-state index contributed by atoms with van der Waals surface area (Å²) in [4.78, 5) is 11.8. The maximum atomic E-state index is 11.8. The molecule has 1 aromatic carbocycles. The van der Waals surface area contributed by atoms with Gasteiger partial charge in [-0.25, -0.2) is 0 Å². The molecule has 4 heteroatoms. The SMILES string of the molecule is C=CCCOCCNC(=O)c1cccc(O)c1C. The van der Waals surface area contributed by atoms with Crippen LogP contribution in [0.3, 0.4) is 0 Å². The smallest absolute Gasteiger partial charge is 0.251 e. The summed E-state index contributed by atoms with van der Waals surface area (Å²) in [5.74, 6) is -0.0689. The van der Waals surface area contributed by atoms with Crippen molar-refractivity contribution in [2.45, 2.75) is 13.3 Å². The Kier molecular flexibility index (Phi) is 5.94. The van der Waals surface area contributed by atoms with Gasteiger partial charge in [0.05, 0.1) is 13.2 Å². The normalized spacial score (nSPS) is 10.1. The third kappa shape index (κ3) is 4.22. The molecule has 0 unspecified atom stereocenters. The molecule has 0 fully saturated rings. The van der Waals surface area contributed by atoms with Gasteiger partial charge in [-0.15, -0.1) is 6.58 Å². The first kappa shape index (κ1) is 14.3. The fourth-order valence-electron chi connectivity index (χ4n) is 1.47. The zero-order valence-electron chi connectivity index (χ0n) is 10.6. The summed E-state index contributed by atoms with van der Waals surface area (Å²) >= 11 is 0. The molecule has 98 valence electrons. The van der Waals surface area contributed by atoms with Gasteiger partial charge in [-0.1, -0.05) is 12.1 Å². The molecular weight excluding hydrogens is 230 g/mol. The number of ether oxygens (including phenoxy) is 1. The van der Waals surface area contributed by atoms with Gasteiger partial charge in [0.2, 0.25) is 0 Å². The fraction of sp³-hybridized carbons (Fsp3) is 0.357. The third-order valence-corrected chi connectivity index (χ3v) is 2.55. The molecule has 1 amide bonds. The molecule has 18 heavy (non-hydrogen) atoms. The molecule has 0 spiro atoms.